The van der Waals surface area contributed by atoms with E-state index in [0.717, 1.165) is 0 Å². The summed E-state index contributed by atoms with van der Waals surface area (Å²) in [5.41, 5.74) is 0.242. The lowest BCUT2D eigenvalue weighted by Gasteiger charge is -1.97. The zero-order chi connectivity index (χ0) is 12.6. The number of aryl methyl sites for hydroxylation is 1. The molecule has 1 aromatic heterocycles. The number of non-ortho nitro benzene ring substituents is 1. The second-order valence-electron chi connectivity index (χ2n) is 3.43. The van der Waals surface area contributed by atoms with Crippen LogP contribution in [-0.4, -0.2) is 18.0 Å². The minimum atomic E-state index is -0.643. The zero-order valence-corrected chi connectivity index (χ0v) is 9.22. The van der Waals surface area contributed by atoms with Gasteiger partial charge >= 0.3 is 5.97 Å². The summed E-state index contributed by atoms with van der Waals surface area (Å²) in [6, 6.07) is 4.40. The molecule has 0 spiro atoms. The first kappa shape index (κ1) is 11.1. The molecule has 0 unspecified atom stereocenters. The van der Waals surface area contributed by atoms with Crippen LogP contribution in [0.15, 0.2) is 22.6 Å². The van der Waals surface area contributed by atoms with Gasteiger partial charge in [-0.05, 0) is 13.0 Å². The number of hydrogen-bond donors (Lipinski definition) is 0. The summed E-state index contributed by atoms with van der Waals surface area (Å²) in [5.74, 6) is -0.336. The summed E-state index contributed by atoms with van der Waals surface area (Å²) in [4.78, 5) is 21.9. The first-order chi connectivity index (χ1) is 8.06. The largest absolute Gasteiger partial charge is 0.465 e. The number of esters is 1. The molecule has 0 saturated heterocycles. The van der Waals surface area contributed by atoms with Gasteiger partial charge in [-0.3, -0.25) is 10.1 Å². The van der Waals surface area contributed by atoms with Gasteiger partial charge in [-0.1, -0.05) is 6.07 Å². The molecule has 0 atom stereocenters. The van der Waals surface area contributed by atoms with Crippen molar-refractivity contribution in [2.75, 3.05) is 7.11 Å². The molecule has 0 aliphatic rings. The highest BCUT2D eigenvalue weighted by Gasteiger charge is 2.25. The lowest BCUT2D eigenvalue weighted by Crippen LogP contribution is -2.03. The molecule has 0 bridgehead atoms. The smallest absolute Gasteiger partial charge is 0.342 e. The first-order valence-corrected chi connectivity index (χ1v) is 4.81. The lowest BCUT2D eigenvalue weighted by molar-refractivity contribution is -0.383. The number of furan rings is 1. The van der Waals surface area contributed by atoms with Crippen LogP contribution in [0, 0.1) is 17.0 Å². The van der Waals surface area contributed by atoms with E-state index in [-0.39, 0.29) is 16.6 Å². The van der Waals surface area contributed by atoms with Gasteiger partial charge in [0.05, 0.1) is 12.0 Å². The molecular weight excluding hydrogens is 226 g/mol. The van der Waals surface area contributed by atoms with Gasteiger partial charge in [0.25, 0.3) is 5.69 Å². The summed E-state index contributed by atoms with van der Waals surface area (Å²) in [7, 11) is 1.22. The van der Waals surface area contributed by atoms with Crippen LogP contribution < -0.4 is 0 Å². The monoisotopic (exact) mass is 235 g/mol. The quantitative estimate of drug-likeness (QED) is 0.453. The number of ether oxygens (including phenoxy) is 1. The summed E-state index contributed by atoms with van der Waals surface area (Å²) >= 11 is 0. The molecule has 0 aliphatic carbocycles. The van der Waals surface area contributed by atoms with Crippen LogP contribution in [0.2, 0.25) is 0 Å². The van der Waals surface area contributed by atoms with Gasteiger partial charge in [-0.15, -0.1) is 0 Å². The standard InChI is InChI=1S/C11H9NO5/c1-6-9(11(13)16-2)10-7(12(14)15)4-3-5-8(10)17-6/h3-5H,1-2H3. The predicted molar refractivity (Wildman–Crippen MR) is 58.9 cm³/mol. The van der Waals surface area contributed by atoms with Gasteiger partial charge in [0, 0.05) is 6.07 Å². The van der Waals surface area contributed by atoms with E-state index >= 15 is 0 Å². The van der Waals surface area contributed by atoms with E-state index in [9.17, 15) is 14.9 Å². The van der Waals surface area contributed by atoms with Gasteiger partial charge in [-0.2, -0.15) is 0 Å². The number of methoxy groups -OCH3 is 1. The van der Waals surface area contributed by atoms with Gasteiger partial charge < -0.3 is 9.15 Å². The van der Waals surface area contributed by atoms with Crippen molar-refractivity contribution in [3.8, 4) is 0 Å². The van der Waals surface area contributed by atoms with E-state index in [1.54, 1.807) is 13.0 Å². The maximum Gasteiger partial charge on any atom is 0.342 e. The Labute approximate surface area is 95.9 Å². The molecule has 17 heavy (non-hydrogen) atoms. The van der Waals surface area contributed by atoms with E-state index in [4.69, 9.17) is 4.42 Å². The number of nitro benzene ring substituents is 1. The summed E-state index contributed by atoms with van der Waals surface area (Å²) in [6.07, 6.45) is 0. The van der Waals surface area contributed by atoms with E-state index in [0.29, 0.717) is 11.3 Å². The predicted octanol–water partition coefficient (Wildman–Crippen LogP) is 2.44. The number of fused-ring (bicyclic) bond motifs is 1. The van der Waals surface area contributed by atoms with Crippen LogP contribution >= 0.6 is 0 Å². The molecule has 88 valence electrons. The topological polar surface area (TPSA) is 82.6 Å². The molecular formula is C11H9NO5. The molecule has 1 heterocycles. The Hall–Kier alpha value is -2.37. The Morgan fingerprint density at radius 3 is 2.76 bits per heavy atom. The second-order valence-corrected chi connectivity index (χ2v) is 3.43. The highest BCUT2D eigenvalue weighted by atomic mass is 16.6. The number of rotatable bonds is 2. The Balaban J connectivity index is 2.86. The van der Waals surface area contributed by atoms with Crippen LogP contribution in [0.4, 0.5) is 5.69 Å². The van der Waals surface area contributed by atoms with E-state index in [2.05, 4.69) is 4.74 Å². The van der Waals surface area contributed by atoms with E-state index in [1.165, 1.54) is 19.2 Å². The normalized spacial score (nSPS) is 10.5. The fourth-order valence-corrected chi connectivity index (χ4v) is 1.75. The Morgan fingerprint density at radius 1 is 1.47 bits per heavy atom. The molecule has 0 aliphatic heterocycles. The number of nitro groups is 1. The molecule has 0 saturated carbocycles. The Morgan fingerprint density at radius 2 is 2.18 bits per heavy atom. The van der Waals surface area contributed by atoms with Crippen molar-refractivity contribution >= 4 is 22.6 Å². The van der Waals surface area contributed by atoms with Crippen molar-refractivity contribution in [3.63, 3.8) is 0 Å². The molecule has 6 nitrogen and oxygen atoms in total. The van der Waals surface area contributed by atoms with Gasteiger partial charge in [0.1, 0.15) is 22.3 Å². The number of carbonyl (C=O) groups is 1. The average Bonchev–Trinajstić information content (AvgIpc) is 2.63. The zero-order valence-electron chi connectivity index (χ0n) is 9.22. The summed E-state index contributed by atoms with van der Waals surface area (Å²) in [6.45, 7) is 1.57. The SMILES string of the molecule is COC(=O)c1c(C)oc2cccc([N+](=O)[O-])c12. The minimum absolute atomic E-state index is 0.106. The Kier molecular flexibility index (Phi) is 2.55. The van der Waals surface area contributed by atoms with Crippen molar-refractivity contribution in [3.05, 3.63) is 39.6 Å². The maximum absolute atomic E-state index is 11.6. The number of carbonyl (C=O) groups excluding carboxylic acids is 1. The molecule has 0 N–H and O–H groups in total. The van der Waals surface area contributed by atoms with Gasteiger partial charge in [-0.25, -0.2) is 4.79 Å². The van der Waals surface area contributed by atoms with Crippen molar-refractivity contribution in [1.29, 1.82) is 0 Å². The molecule has 1 aromatic carbocycles. The number of hydrogen-bond acceptors (Lipinski definition) is 5. The highest BCUT2D eigenvalue weighted by Crippen LogP contribution is 2.33. The van der Waals surface area contributed by atoms with Crippen molar-refractivity contribution < 1.29 is 18.9 Å². The summed E-state index contributed by atoms with van der Waals surface area (Å²) in [5, 5.41) is 11.1. The maximum atomic E-state index is 11.6. The molecule has 0 radical (unpaired) electrons. The molecule has 6 heteroatoms. The highest BCUT2D eigenvalue weighted by molar-refractivity contribution is 6.08. The third kappa shape index (κ3) is 1.63. The minimum Gasteiger partial charge on any atom is -0.465 e. The fourth-order valence-electron chi connectivity index (χ4n) is 1.75. The van der Waals surface area contributed by atoms with Crippen molar-refractivity contribution in [1.82, 2.24) is 0 Å². The number of nitrogens with zero attached hydrogens (tertiary/aromatic N) is 1. The van der Waals surface area contributed by atoms with Crippen LogP contribution in [-0.2, 0) is 4.74 Å². The number of benzene rings is 1. The van der Waals surface area contributed by atoms with Crippen molar-refractivity contribution in [2.45, 2.75) is 6.92 Å². The lowest BCUT2D eigenvalue weighted by atomic mass is 10.1. The fraction of sp³-hybridized carbons (Fsp3) is 0.182. The van der Waals surface area contributed by atoms with Crippen LogP contribution in [0.3, 0.4) is 0 Å². The molecule has 2 aromatic rings. The molecule has 0 fully saturated rings. The van der Waals surface area contributed by atoms with Crippen molar-refractivity contribution in [2.24, 2.45) is 0 Å². The van der Waals surface area contributed by atoms with Crippen LogP contribution in [0.5, 0.6) is 0 Å². The van der Waals surface area contributed by atoms with Gasteiger partial charge in [0.15, 0.2) is 0 Å². The average molecular weight is 235 g/mol. The first-order valence-electron chi connectivity index (χ1n) is 4.81. The van der Waals surface area contributed by atoms with Crippen LogP contribution in [0.1, 0.15) is 16.1 Å². The van der Waals surface area contributed by atoms with Crippen LogP contribution in [0.25, 0.3) is 11.0 Å². The third-order valence-electron chi connectivity index (χ3n) is 2.46. The van der Waals surface area contributed by atoms with E-state index in [1.807, 2.05) is 0 Å². The summed E-state index contributed by atoms with van der Waals surface area (Å²) < 4.78 is 9.90. The van der Waals surface area contributed by atoms with Gasteiger partial charge in [0.2, 0.25) is 0 Å². The molecule has 0 amide bonds. The third-order valence-corrected chi connectivity index (χ3v) is 2.46. The van der Waals surface area contributed by atoms with E-state index < -0.39 is 10.9 Å². The Bertz CT molecular complexity index is 614. The second kappa shape index (κ2) is 3.89. The molecule has 2 rings (SSSR count).